The second-order valence-corrected chi connectivity index (χ2v) is 6.10. The van der Waals surface area contributed by atoms with Gasteiger partial charge in [-0.3, -0.25) is 0 Å². The van der Waals surface area contributed by atoms with E-state index in [1.54, 1.807) is 7.11 Å². The lowest BCUT2D eigenvalue weighted by atomic mass is 9.85. The van der Waals surface area contributed by atoms with Gasteiger partial charge in [0.05, 0.1) is 25.9 Å². The first-order valence-corrected chi connectivity index (χ1v) is 9.14. The van der Waals surface area contributed by atoms with Crippen molar-refractivity contribution in [2.24, 2.45) is 0 Å². The van der Waals surface area contributed by atoms with Crippen LogP contribution in [0.3, 0.4) is 0 Å². The molecule has 1 atom stereocenters. The van der Waals surface area contributed by atoms with Crippen molar-refractivity contribution in [1.29, 1.82) is 0 Å². The molecule has 2 aromatic carbocycles. The van der Waals surface area contributed by atoms with Crippen LogP contribution in [0, 0.1) is 0 Å². The van der Waals surface area contributed by atoms with Crippen LogP contribution in [0.5, 0.6) is 5.75 Å². The zero-order chi connectivity index (χ0) is 19.2. The van der Waals surface area contributed by atoms with E-state index in [1.165, 1.54) is 0 Å². The van der Waals surface area contributed by atoms with Crippen molar-refractivity contribution >= 4 is 11.5 Å². The monoisotopic (exact) mass is 364 g/mol. The van der Waals surface area contributed by atoms with E-state index in [0.29, 0.717) is 24.5 Å². The highest BCUT2D eigenvalue weighted by molar-refractivity contribution is 5.99. The minimum absolute atomic E-state index is 0.236. The van der Waals surface area contributed by atoms with Crippen LogP contribution in [0.4, 0.5) is 0 Å². The third kappa shape index (κ3) is 3.90. The molecule has 4 nitrogen and oxygen atoms in total. The minimum Gasteiger partial charge on any atom is -0.497 e. The highest BCUT2D eigenvalue weighted by Crippen LogP contribution is 2.45. The molecule has 0 saturated heterocycles. The van der Waals surface area contributed by atoms with Crippen molar-refractivity contribution in [1.82, 2.24) is 0 Å². The van der Waals surface area contributed by atoms with E-state index in [-0.39, 0.29) is 11.9 Å². The zero-order valence-electron chi connectivity index (χ0n) is 15.9. The first-order chi connectivity index (χ1) is 13.2. The summed E-state index contributed by atoms with van der Waals surface area (Å²) in [5, 5.41) is 0. The van der Waals surface area contributed by atoms with Crippen LogP contribution in [0.25, 0.3) is 5.57 Å². The summed E-state index contributed by atoms with van der Waals surface area (Å²) in [5.41, 5.74) is 3.60. The van der Waals surface area contributed by atoms with Crippen LogP contribution in [0.1, 0.15) is 30.9 Å². The molecular formula is C23H24O4. The molecule has 0 aliphatic heterocycles. The summed E-state index contributed by atoms with van der Waals surface area (Å²) in [7, 11) is 1.64. The van der Waals surface area contributed by atoms with Crippen molar-refractivity contribution in [2.75, 3.05) is 20.3 Å². The number of hydrogen-bond donors (Lipinski definition) is 0. The quantitative estimate of drug-likeness (QED) is 0.666. The summed E-state index contributed by atoms with van der Waals surface area (Å²) in [6, 6.07) is 17.8. The smallest absolute Gasteiger partial charge is 0.338 e. The summed E-state index contributed by atoms with van der Waals surface area (Å²) in [4.78, 5) is 12.8. The van der Waals surface area contributed by atoms with Crippen LogP contribution in [-0.2, 0) is 14.3 Å². The van der Waals surface area contributed by atoms with Crippen LogP contribution in [-0.4, -0.2) is 26.3 Å². The SMILES string of the molecule is CCOC(=O)C1=C(OCC)C=C(c2ccc(OC)cc2)C1c1ccccc1. The van der Waals surface area contributed by atoms with Gasteiger partial charge in [0.2, 0.25) is 0 Å². The van der Waals surface area contributed by atoms with Gasteiger partial charge in [-0.05, 0) is 48.8 Å². The van der Waals surface area contributed by atoms with Crippen molar-refractivity contribution in [3.05, 3.63) is 83.1 Å². The number of hydrogen-bond acceptors (Lipinski definition) is 4. The molecule has 3 rings (SSSR count). The number of methoxy groups -OCH3 is 1. The molecule has 0 saturated carbocycles. The number of carbonyl (C=O) groups excluding carboxylic acids is 1. The van der Waals surface area contributed by atoms with E-state index in [9.17, 15) is 4.79 Å². The van der Waals surface area contributed by atoms with Gasteiger partial charge < -0.3 is 14.2 Å². The number of rotatable bonds is 7. The van der Waals surface area contributed by atoms with E-state index in [4.69, 9.17) is 14.2 Å². The second-order valence-electron chi connectivity index (χ2n) is 6.10. The predicted molar refractivity (Wildman–Crippen MR) is 105 cm³/mol. The molecule has 0 aromatic heterocycles. The topological polar surface area (TPSA) is 44.8 Å². The Balaban J connectivity index is 2.11. The normalized spacial score (nSPS) is 16.1. The Hall–Kier alpha value is -3.01. The first-order valence-electron chi connectivity index (χ1n) is 9.14. The van der Waals surface area contributed by atoms with E-state index in [2.05, 4.69) is 0 Å². The van der Waals surface area contributed by atoms with Gasteiger partial charge in [0.15, 0.2) is 0 Å². The molecule has 0 N–H and O–H groups in total. The van der Waals surface area contributed by atoms with Gasteiger partial charge in [-0.2, -0.15) is 0 Å². The highest BCUT2D eigenvalue weighted by Gasteiger charge is 2.36. The third-order valence-electron chi connectivity index (χ3n) is 4.50. The Morgan fingerprint density at radius 2 is 1.67 bits per heavy atom. The lowest BCUT2D eigenvalue weighted by Crippen LogP contribution is -2.15. The molecule has 0 fully saturated rings. The maximum atomic E-state index is 12.8. The fourth-order valence-corrected chi connectivity index (χ4v) is 3.33. The van der Waals surface area contributed by atoms with Crippen LogP contribution in [0.2, 0.25) is 0 Å². The van der Waals surface area contributed by atoms with E-state index in [1.807, 2.05) is 74.5 Å². The maximum absolute atomic E-state index is 12.8. The van der Waals surface area contributed by atoms with Crippen molar-refractivity contribution in [2.45, 2.75) is 19.8 Å². The zero-order valence-corrected chi connectivity index (χ0v) is 15.9. The average Bonchev–Trinajstić information content (AvgIpc) is 3.08. The van der Waals surface area contributed by atoms with Gasteiger partial charge in [-0.25, -0.2) is 4.79 Å². The Morgan fingerprint density at radius 3 is 2.26 bits per heavy atom. The molecule has 0 heterocycles. The van der Waals surface area contributed by atoms with Gasteiger partial charge in [0.1, 0.15) is 11.5 Å². The molecule has 1 aliphatic carbocycles. The van der Waals surface area contributed by atoms with E-state index in [0.717, 1.165) is 22.4 Å². The molecule has 1 aliphatic rings. The largest absolute Gasteiger partial charge is 0.497 e. The standard InChI is InChI=1S/C23H24O4/c1-4-26-20-15-19(16-11-13-18(25-3)14-12-16)21(17-9-7-6-8-10-17)22(20)23(24)27-5-2/h6-15,21H,4-5H2,1-3H3. The summed E-state index contributed by atoms with van der Waals surface area (Å²) >= 11 is 0. The number of allylic oxidation sites excluding steroid dienone is 2. The third-order valence-corrected chi connectivity index (χ3v) is 4.50. The van der Waals surface area contributed by atoms with Crippen molar-refractivity contribution < 1.29 is 19.0 Å². The second kappa shape index (κ2) is 8.58. The molecule has 0 radical (unpaired) electrons. The number of esters is 1. The summed E-state index contributed by atoms with van der Waals surface area (Å²) in [6.07, 6.45) is 1.95. The first kappa shape index (κ1) is 18.8. The van der Waals surface area contributed by atoms with Gasteiger partial charge in [-0.15, -0.1) is 0 Å². The van der Waals surface area contributed by atoms with Crippen LogP contribution < -0.4 is 4.74 Å². The lowest BCUT2D eigenvalue weighted by molar-refractivity contribution is -0.138. The van der Waals surface area contributed by atoms with Gasteiger partial charge in [-0.1, -0.05) is 42.5 Å². The highest BCUT2D eigenvalue weighted by atomic mass is 16.5. The summed E-state index contributed by atoms with van der Waals surface area (Å²) in [6.45, 7) is 4.52. The van der Waals surface area contributed by atoms with Crippen LogP contribution >= 0.6 is 0 Å². The molecule has 0 amide bonds. The lowest BCUT2D eigenvalue weighted by Gasteiger charge is -2.19. The Bertz CT molecular complexity index is 848. The molecule has 0 bridgehead atoms. The number of ether oxygens (including phenoxy) is 3. The fourth-order valence-electron chi connectivity index (χ4n) is 3.33. The predicted octanol–water partition coefficient (Wildman–Crippen LogP) is 4.73. The Kier molecular flexibility index (Phi) is 5.97. The van der Waals surface area contributed by atoms with E-state index < -0.39 is 0 Å². The average molecular weight is 364 g/mol. The molecular weight excluding hydrogens is 340 g/mol. The van der Waals surface area contributed by atoms with Crippen LogP contribution in [0.15, 0.2) is 72.0 Å². The maximum Gasteiger partial charge on any atom is 0.338 e. The fraction of sp³-hybridized carbons (Fsp3) is 0.261. The molecule has 140 valence electrons. The van der Waals surface area contributed by atoms with Gasteiger partial charge in [0.25, 0.3) is 0 Å². The van der Waals surface area contributed by atoms with Crippen molar-refractivity contribution in [3.63, 3.8) is 0 Å². The number of benzene rings is 2. The minimum atomic E-state index is -0.338. The molecule has 0 spiro atoms. The molecule has 2 aromatic rings. The van der Waals surface area contributed by atoms with Crippen molar-refractivity contribution in [3.8, 4) is 5.75 Å². The molecule has 27 heavy (non-hydrogen) atoms. The molecule has 4 heteroatoms. The van der Waals surface area contributed by atoms with Gasteiger partial charge in [0, 0.05) is 5.92 Å². The van der Waals surface area contributed by atoms with Gasteiger partial charge >= 0.3 is 5.97 Å². The van der Waals surface area contributed by atoms with E-state index >= 15 is 0 Å². The molecule has 1 unspecified atom stereocenters. The summed E-state index contributed by atoms with van der Waals surface area (Å²) < 4.78 is 16.4. The number of carbonyl (C=O) groups is 1. The Labute approximate surface area is 160 Å². The summed E-state index contributed by atoms with van der Waals surface area (Å²) in [5.74, 6) is 0.794. The Morgan fingerprint density at radius 1 is 0.963 bits per heavy atom.